The number of benzene rings is 1. The molecule has 1 aliphatic heterocycles. The molecule has 5 aromatic rings. The highest BCUT2D eigenvalue weighted by molar-refractivity contribution is 5.91. The van der Waals surface area contributed by atoms with Gasteiger partial charge in [0.15, 0.2) is 0 Å². The second-order valence-corrected chi connectivity index (χ2v) is 8.95. The smallest absolute Gasteiger partial charge is 0.225 e. The Morgan fingerprint density at radius 2 is 1.64 bits per heavy atom. The van der Waals surface area contributed by atoms with E-state index in [1.54, 1.807) is 44.0 Å². The lowest BCUT2D eigenvalue weighted by molar-refractivity contribution is 0.101. The monoisotopic (exact) mass is 485 g/mol. The molecule has 4 aromatic heterocycles. The molecule has 0 amide bonds. The Morgan fingerprint density at radius 3 is 2.33 bits per heavy atom. The predicted octanol–water partition coefficient (Wildman–Crippen LogP) is 2.86. The van der Waals surface area contributed by atoms with Crippen molar-refractivity contribution in [2.75, 3.05) is 36.0 Å². The number of H-pyrrole nitrogens is 2. The van der Waals surface area contributed by atoms with Gasteiger partial charge in [-0.05, 0) is 30.7 Å². The minimum absolute atomic E-state index is 0.349. The molecule has 3 N–H and O–H groups in total. The van der Waals surface area contributed by atoms with Gasteiger partial charge in [0.2, 0.25) is 5.95 Å². The Hall–Kier alpha value is -4.38. The van der Waals surface area contributed by atoms with E-state index in [2.05, 4.69) is 51.0 Å². The molecule has 1 saturated heterocycles. The van der Waals surface area contributed by atoms with Crippen molar-refractivity contribution in [1.29, 1.82) is 0 Å². The van der Waals surface area contributed by atoms with Crippen LogP contribution in [0.1, 0.15) is 18.1 Å². The van der Waals surface area contributed by atoms with Crippen LogP contribution in [0.4, 0.5) is 16.2 Å². The molecule has 1 aromatic carbocycles. The fourth-order valence-corrected chi connectivity index (χ4v) is 4.53. The minimum atomic E-state index is -1.32. The average Bonchev–Trinajstić information content (AvgIpc) is 3.59. The number of aliphatic hydroxyl groups is 1. The highest BCUT2D eigenvalue weighted by Crippen LogP contribution is 2.30. The van der Waals surface area contributed by atoms with Crippen LogP contribution in [0.25, 0.3) is 22.3 Å². The van der Waals surface area contributed by atoms with Crippen LogP contribution in [0.15, 0.2) is 61.4 Å². The Kier molecular flexibility index (Phi) is 5.33. The van der Waals surface area contributed by atoms with Crippen molar-refractivity contribution in [3.05, 3.63) is 78.4 Å². The normalized spacial score (nSPS) is 15.9. The van der Waals surface area contributed by atoms with Gasteiger partial charge >= 0.3 is 0 Å². The molecule has 5 heterocycles. The standard InChI is InChI=1S/C25H24FN9O/c1-25(36,17-2-4-19(26)5-3-17)18-13-27-24(28-14-18)35-8-6-34(7-9-35)23-20-10-21(16-11-31-32-12-16)33-22(20)29-15-30-23/h2-5,10-15,36H,6-9H2,1H3,(H,31,32)(H,29,30,33). The van der Waals surface area contributed by atoms with Crippen LogP contribution in [0.3, 0.4) is 0 Å². The Labute approximate surface area is 205 Å². The molecule has 0 saturated carbocycles. The molecule has 182 valence electrons. The third-order valence-electron chi connectivity index (χ3n) is 6.68. The fourth-order valence-electron chi connectivity index (χ4n) is 4.53. The summed E-state index contributed by atoms with van der Waals surface area (Å²) < 4.78 is 13.3. The number of hydrogen-bond acceptors (Lipinski definition) is 8. The Balaban J connectivity index is 1.17. The van der Waals surface area contributed by atoms with Crippen LogP contribution < -0.4 is 9.80 Å². The van der Waals surface area contributed by atoms with Crippen LogP contribution >= 0.6 is 0 Å². The lowest BCUT2D eigenvalue weighted by Gasteiger charge is -2.35. The molecule has 1 aliphatic rings. The van der Waals surface area contributed by atoms with Crippen LogP contribution in [0, 0.1) is 5.82 Å². The van der Waals surface area contributed by atoms with E-state index >= 15 is 0 Å². The van der Waals surface area contributed by atoms with Crippen molar-refractivity contribution < 1.29 is 9.50 Å². The second kappa shape index (κ2) is 8.68. The van der Waals surface area contributed by atoms with Crippen molar-refractivity contribution in [2.45, 2.75) is 12.5 Å². The molecule has 6 rings (SSSR count). The topological polar surface area (TPSA) is 123 Å². The van der Waals surface area contributed by atoms with Crippen LogP contribution in [-0.4, -0.2) is 66.4 Å². The summed E-state index contributed by atoms with van der Waals surface area (Å²) in [6.07, 6.45) is 8.43. The van der Waals surface area contributed by atoms with E-state index in [1.807, 2.05) is 6.20 Å². The van der Waals surface area contributed by atoms with Gasteiger partial charge in [-0.25, -0.2) is 24.3 Å². The zero-order chi connectivity index (χ0) is 24.7. The largest absolute Gasteiger partial charge is 0.381 e. The number of nitrogens with zero attached hydrogens (tertiary/aromatic N) is 7. The van der Waals surface area contributed by atoms with Gasteiger partial charge in [0.1, 0.15) is 29.2 Å². The van der Waals surface area contributed by atoms with Gasteiger partial charge in [0.25, 0.3) is 0 Å². The third kappa shape index (κ3) is 3.93. The molecule has 36 heavy (non-hydrogen) atoms. The van der Waals surface area contributed by atoms with Gasteiger partial charge in [-0.1, -0.05) is 12.1 Å². The van der Waals surface area contributed by atoms with E-state index in [0.29, 0.717) is 17.1 Å². The van der Waals surface area contributed by atoms with E-state index < -0.39 is 5.60 Å². The maximum Gasteiger partial charge on any atom is 0.225 e. The maximum atomic E-state index is 13.3. The first-order valence-corrected chi connectivity index (χ1v) is 11.6. The van der Waals surface area contributed by atoms with Gasteiger partial charge in [-0.3, -0.25) is 5.10 Å². The number of fused-ring (bicyclic) bond motifs is 1. The zero-order valence-corrected chi connectivity index (χ0v) is 19.6. The summed E-state index contributed by atoms with van der Waals surface area (Å²) in [6, 6.07) is 7.84. The fraction of sp³-hybridized carbons (Fsp3) is 0.240. The molecule has 1 unspecified atom stereocenters. The van der Waals surface area contributed by atoms with Gasteiger partial charge < -0.3 is 19.9 Å². The molecule has 0 bridgehead atoms. The maximum absolute atomic E-state index is 13.3. The first kappa shape index (κ1) is 22.1. The number of piperazine rings is 1. The third-order valence-corrected chi connectivity index (χ3v) is 6.68. The van der Waals surface area contributed by atoms with Gasteiger partial charge in [-0.2, -0.15) is 5.10 Å². The molecular formula is C25H24FN9O. The Morgan fingerprint density at radius 1 is 0.917 bits per heavy atom. The van der Waals surface area contributed by atoms with Crippen LogP contribution in [-0.2, 0) is 5.60 Å². The van der Waals surface area contributed by atoms with Crippen molar-refractivity contribution in [2.24, 2.45) is 0 Å². The molecule has 0 radical (unpaired) electrons. The molecule has 1 atom stereocenters. The molecule has 11 heteroatoms. The summed E-state index contributed by atoms with van der Waals surface area (Å²) in [5.41, 5.74) is 2.47. The number of halogens is 1. The van der Waals surface area contributed by atoms with Crippen LogP contribution in [0.5, 0.6) is 0 Å². The quantitative estimate of drug-likeness (QED) is 0.347. The second-order valence-electron chi connectivity index (χ2n) is 8.95. The van der Waals surface area contributed by atoms with Crippen molar-refractivity contribution in [1.82, 2.24) is 35.1 Å². The lowest BCUT2D eigenvalue weighted by atomic mass is 9.90. The number of aromatic nitrogens is 7. The number of anilines is 2. The van der Waals surface area contributed by atoms with Crippen molar-refractivity contribution in [3.8, 4) is 11.3 Å². The lowest BCUT2D eigenvalue weighted by Crippen LogP contribution is -2.47. The summed E-state index contributed by atoms with van der Waals surface area (Å²) in [6.45, 7) is 4.59. The zero-order valence-electron chi connectivity index (χ0n) is 19.6. The average molecular weight is 486 g/mol. The predicted molar refractivity (Wildman–Crippen MR) is 133 cm³/mol. The minimum Gasteiger partial charge on any atom is -0.381 e. The number of hydrogen-bond donors (Lipinski definition) is 3. The SMILES string of the molecule is CC(O)(c1ccc(F)cc1)c1cnc(N2CCN(c3ncnc4[nH]c(-c5cn[nH]c5)cc34)CC2)nc1. The summed E-state index contributed by atoms with van der Waals surface area (Å²) in [4.78, 5) is 25.7. The molecule has 1 fully saturated rings. The first-order chi connectivity index (χ1) is 17.5. The highest BCUT2D eigenvalue weighted by Gasteiger charge is 2.28. The summed E-state index contributed by atoms with van der Waals surface area (Å²) in [5, 5.41) is 18.8. The summed E-state index contributed by atoms with van der Waals surface area (Å²) in [5.74, 6) is 1.14. The van der Waals surface area contributed by atoms with Gasteiger partial charge in [0.05, 0.1) is 17.3 Å². The highest BCUT2D eigenvalue weighted by atomic mass is 19.1. The molecule has 0 spiro atoms. The first-order valence-electron chi connectivity index (χ1n) is 11.6. The van der Waals surface area contributed by atoms with E-state index in [1.165, 1.54) is 12.1 Å². The summed E-state index contributed by atoms with van der Waals surface area (Å²) in [7, 11) is 0. The number of rotatable bonds is 5. The van der Waals surface area contributed by atoms with E-state index in [4.69, 9.17) is 0 Å². The molecular weight excluding hydrogens is 461 g/mol. The van der Waals surface area contributed by atoms with Crippen LogP contribution in [0.2, 0.25) is 0 Å². The number of aromatic amines is 2. The molecule has 10 nitrogen and oxygen atoms in total. The summed E-state index contributed by atoms with van der Waals surface area (Å²) >= 11 is 0. The van der Waals surface area contributed by atoms with Gasteiger partial charge in [0, 0.05) is 55.9 Å². The van der Waals surface area contributed by atoms with Crippen molar-refractivity contribution >= 4 is 22.8 Å². The Bertz CT molecular complexity index is 1470. The molecule has 0 aliphatic carbocycles. The van der Waals surface area contributed by atoms with E-state index in [-0.39, 0.29) is 5.82 Å². The van der Waals surface area contributed by atoms with E-state index in [0.717, 1.165) is 54.3 Å². The van der Waals surface area contributed by atoms with Gasteiger partial charge in [-0.15, -0.1) is 0 Å². The van der Waals surface area contributed by atoms with Crippen molar-refractivity contribution in [3.63, 3.8) is 0 Å². The number of nitrogens with one attached hydrogen (secondary N) is 2. The van der Waals surface area contributed by atoms with E-state index in [9.17, 15) is 9.50 Å².